The summed E-state index contributed by atoms with van der Waals surface area (Å²) in [5, 5.41) is 0.648. The van der Waals surface area contributed by atoms with Crippen LogP contribution in [0.5, 0.6) is 0 Å². The largest absolute Gasteiger partial charge is 0.444 e. The van der Waals surface area contributed by atoms with Crippen LogP contribution < -0.4 is 10.8 Å². The molecular formula is C9H13NO. The van der Waals surface area contributed by atoms with Gasteiger partial charge in [0.05, 0.1) is 0 Å². The first-order valence-corrected chi connectivity index (χ1v) is 3.56. The van der Waals surface area contributed by atoms with Gasteiger partial charge in [-0.1, -0.05) is 33.1 Å². The van der Waals surface area contributed by atoms with Crippen LogP contribution in [0, 0.1) is 0 Å². The molecule has 2 nitrogen and oxygen atoms in total. The van der Waals surface area contributed by atoms with E-state index < -0.39 is 0 Å². The predicted octanol–water partition coefficient (Wildman–Crippen LogP) is 1.08. The Kier molecular flexibility index (Phi) is 4.82. The highest BCUT2D eigenvalue weighted by Crippen LogP contribution is 1.64. The van der Waals surface area contributed by atoms with Crippen molar-refractivity contribution >= 4 is 12.7 Å². The maximum absolute atomic E-state index is 4.90. The Labute approximate surface area is 66.6 Å². The molecule has 0 radical (unpaired) electrons. The van der Waals surface area contributed by atoms with Gasteiger partial charge >= 0.3 is 0 Å². The first-order chi connectivity index (χ1) is 5.34. The third-order valence-corrected chi connectivity index (χ3v) is 0.942. The third kappa shape index (κ3) is 2.85. The molecule has 11 heavy (non-hydrogen) atoms. The van der Waals surface area contributed by atoms with Crippen LogP contribution in [0.2, 0.25) is 0 Å². The van der Waals surface area contributed by atoms with Gasteiger partial charge in [-0.3, -0.25) is 0 Å². The molecule has 0 aromatic carbocycles. The van der Waals surface area contributed by atoms with Crippen LogP contribution in [0.15, 0.2) is 23.5 Å². The third-order valence-electron chi connectivity index (χ3n) is 0.942. The minimum absolute atomic E-state index is 0.648. The van der Waals surface area contributed by atoms with Crippen LogP contribution in [-0.2, 0) is 0 Å². The lowest BCUT2D eigenvalue weighted by atomic mass is 10.5. The summed E-state index contributed by atoms with van der Waals surface area (Å²) in [5.41, 5.74) is 0.671. The lowest BCUT2D eigenvalue weighted by molar-refractivity contribution is 0.525. The van der Waals surface area contributed by atoms with E-state index in [4.69, 9.17) is 4.42 Å². The van der Waals surface area contributed by atoms with E-state index in [1.54, 1.807) is 12.2 Å². The van der Waals surface area contributed by atoms with Gasteiger partial charge in [0.1, 0.15) is 5.35 Å². The molecule has 0 atom stereocenters. The Morgan fingerprint density at radius 2 is 2.18 bits per heavy atom. The molecule has 0 fully saturated rings. The number of hydrogen-bond donors (Lipinski definition) is 0. The van der Waals surface area contributed by atoms with Crippen molar-refractivity contribution in [1.82, 2.24) is 4.98 Å². The molecule has 0 aliphatic carbocycles. The molecule has 2 heteroatoms. The minimum atomic E-state index is 0.648. The maximum atomic E-state index is 4.90. The highest BCUT2D eigenvalue weighted by Gasteiger charge is 1.81. The Morgan fingerprint density at radius 3 is 2.55 bits per heavy atom. The van der Waals surface area contributed by atoms with Gasteiger partial charge in [0.15, 0.2) is 11.8 Å². The van der Waals surface area contributed by atoms with E-state index in [2.05, 4.69) is 18.1 Å². The fourth-order valence-corrected chi connectivity index (χ4v) is 0.521. The van der Waals surface area contributed by atoms with Gasteiger partial charge in [0.25, 0.3) is 0 Å². The molecule has 1 rings (SSSR count). The SMILES string of the molecule is C=C/C=c1/ocnc1=C.CC. The Bertz CT molecular complexity index is 298. The van der Waals surface area contributed by atoms with Crippen molar-refractivity contribution < 1.29 is 4.42 Å². The van der Waals surface area contributed by atoms with Gasteiger partial charge < -0.3 is 4.42 Å². The van der Waals surface area contributed by atoms with Crippen LogP contribution in [0.3, 0.4) is 0 Å². The van der Waals surface area contributed by atoms with Crippen LogP contribution >= 0.6 is 0 Å². The van der Waals surface area contributed by atoms with E-state index in [1.165, 1.54) is 6.39 Å². The van der Waals surface area contributed by atoms with Crippen LogP contribution in [0.1, 0.15) is 13.8 Å². The molecule has 1 aromatic heterocycles. The quantitative estimate of drug-likeness (QED) is 0.600. The molecule has 0 saturated carbocycles. The Hall–Kier alpha value is -1.31. The molecule has 60 valence electrons. The normalized spacial score (nSPS) is 10.2. The van der Waals surface area contributed by atoms with E-state index in [-0.39, 0.29) is 0 Å². The summed E-state index contributed by atoms with van der Waals surface area (Å²) in [6.45, 7) is 11.1. The second kappa shape index (κ2) is 5.47. The van der Waals surface area contributed by atoms with Crippen LogP contribution in [0.4, 0.5) is 0 Å². The van der Waals surface area contributed by atoms with Crippen molar-refractivity contribution in [3.63, 3.8) is 0 Å². The molecule has 0 saturated heterocycles. The number of rotatable bonds is 1. The van der Waals surface area contributed by atoms with E-state index in [1.807, 2.05) is 13.8 Å². The predicted molar refractivity (Wildman–Crippen MR) is 47.3 cm³/mol. The van der Waals surface area contributed by atoms with Crippen molar-refractivity contribution in [3.8, 4) is 0 Å². The van der Waals surface area contributed by atoms with E-state index in [0.29, 0.717) is 10.8 Å². The van der Waals surface area contributed by atoms with Crippen molar-refractivity contribution in [2.24, 2.45) is 0 Å². The summed E-state index contributed by atoms with van der Waals surface area (Å²) in [4.78, 5) is 3.78. The highest BCUT2D eigenvalue weighted by atomic mass is 16.3. The molecule has 0 aliphatic heterocycles. The average molecular weight is 151 g/mol. The molecule has 1 heterocycles. The van der Waals surface area contributed by atoms with E-state index >= 15 is 0 Å². The zero-order valence-electron chi connectivity index (χ0n) is 7.00. The molecule has 0 spiro atoms. The molecule has 0 amide bonds. The van der Waals surface area contributed by atoms with Gasteiger partial charge in [0, 0.05) is 0 Å². The second-order valence-electron chi connectivity index (χ2n) is 1.57. The fraction of sp³-hybridized carbons (Fsp3) is 0.222. The lowest BCUT2D eigenvalue weighted by Crippen LogP contribution is -2.19. The lowest BCUT2D eigenvalue weighted by Gasteiger charge is -1.67. The minimum Gasteiger partial charge on any atom is -0.444 e. The summed E-state index contributed by atoms with van der Waals surface area (Å²) in [5.74, 6) is 0. The Balaban J connectivity index is 0.000000461. The van der Waals surface area contributed by atoms with Crippen LogP contribution in [0.25, 0.3) is 12.7 Å². The van der Waals surface area contributed by atoms with Crippen molar-refractivity contribution in [3.05, 3.63) is 29.8 Å². The molecule has 0 bridgehead atoms. The summed E-state index contributed by atoms with van der Waals surface area (Å²) >= 11 is 0. The van der Waals surface area contributed by atoms with Gasteiger partial charge in [-0.25, -0.2) is 4.98 Å². The second-order valence-corrected chi connectivity index (χ2v) is 1.57. The number of allylic oxidation sites excluding steroid dienone is 1. The van der Waals surface area contributed by atoms with Crippen molar-refractivity contribution in [2.45, 2.75) is 13.8 Å². The number of nitrogens with zero attached hydrogens (tertiary/aromatic N) is 1. The zero-order valence-corrected chi connectivity index (χ0v) is 7.00. The number of aromatic nitrogens is 1. The van der Waals surface area contributed by atoms with Crippen molar-refractivity contribution in [2.75, 3.05) is 0 Å². The highest BCUT2D eigenvalue weighted by molar-refractivity contribution is 5.30. The summed E-state index contributed by atoms with van der Waals surface area (Å²) in [6, 6.07) is 0. The molecule has 0 aliphatic rings. The van der Waals surface area contributed by atoms with E-state index in [0.717, 1.165) is 0 Å². The molecule has 1 aromatic rings. The van der Waals surface area contributed by atoms with Gasteiger partial charge in [-0.05, 0) is 6.08 Å². The van der Waals surface area contributed by atoms with Crippen LogP contribution in [-0.4, -0.2) is 4.98 Å². The first kappa shape index (κ1) is 9.69. The summed E-state index contributed by atoms with van der Waals surface area (Å²) in [6.07, 6.45) is 4.71. The maximum Gasteiger partial charge on any atom is 0.181 e. The smallest absolute Gasteiger partial charge is 0.181 e. The van der Waals surface area contributed by atoms with Gasteiger partial charge in [0.2, 0.25) is 0 Å². The van der Waals surface area contributed by atoms with Gasteiger partial charge in [-0.15, -0.1) is 0 Å². The van der Waals surface area contributed by atoms with Gasteiger partial charge in [-0.2, -0.15) is 0 Å². The zero-order chi connectivity index (χ0) is 8.69. The Morgan fingerprint density at radius 1 is 1.55 bits per heavy atom. The number of hydrogen-bond acceptors (Lipinski definition) is 2. The first-order valence-electron chi connectivity index (χ1n) is 3.56. The summed E-state index contributed by atoms with van der Waals surface area (Å²) < 4.78 is 4.90. The average Bonchev–Trinajstić information content (AvgIpc) is 2.42. The molecule has 0 unspecified atom stereocenters. The molecule has 0 N–H and O–H groups in total. The van der Waals surface area contributed by atoms with E-state index in [9.17, 15) is 0 Å². The number of oxazole rings is 1. The van der Waals surface area contributed by atoms with Crippen molar-refractivity contribution in [1.29, 1.82) is 0 Å². The monoisotopic (exact) mass is 151 g/mol. The fourth-order valence-electron chi connectivity index (χ4n) is 0.521. The summed E-state index contributed by atoms with van der Waals surface area (Å²) in [7, 11) is 0. The molecular weight excluding hydrogens is 138 g/mol. The standard InChI is InChI=1S/C7H7NO.C2H6/c1-3-4-7-6(2)8-5-9-7;1-2/h3-5H,1-2H2;1-2H3/b7-4+;. The topological polar surface area (TPSA) is 26.0 Å².